The van der Waals surface area contributed by atoms with Crippen LogP contribution < -0.4 is 0 Å². The van der Waals surface area contributed by atoms with Gasteiger partial charge in [-0.3, -0.25) is 0 Å². The molecular weight excluding hydrogens is 309 g/mol. The normalized spacial score (nSPS) is 11.3. The van der Waals surface area contributed by atoms with Crippen LogP contribution >= 0.6 is 0 Å². The zero-order valence-corrected chi connectivity index (χ0v) is 12.4. The van der Waals surface area contributed by atoms with Gasteiger partial charge in [-0.1, -0.05) is 24.3 Å². The van der Waals surface area contributed by atoms with Crippen LogP contribution in [0.3, 0.4) is 0 Å². The number of methoxy groups -OCH3 is 1. The van der Waals surface area contributed by atoms with E-state index in [1.165, 1.54) is 12.1 Å². The van der Waals surface area contributed by atoms with Crippen LogP contribution in [-0.2, 0) is 28.9 Å². The van der Waals surface area contributed by atoms with Crippen molar-refractivity contribution in [3.63, 3.8) is 0 Å². The van der Waals surface area contributed by atoms with E-state index in [0.29, 0.717) is 17.7 Å². The first-order valence-corrected chi connectivity index (χ1v) is 6.81. The summed E-state index contributed by atoms with van der Waals surface area (Å²) < 4.78 is 47.5. The Morgan fingerprint density at radius 3 is 2.30 bits per heavy atom. The van der Waals surface area contributed by atoms with Gasteiger partial charge >= 0.3 is 12.1 Å². The first-order chi connectivity index (χ1) is 10.9. The van der Waals surface area contributed by atoms with Crippen molar-refractivity contribution >= 4 is 5.97 Å². The molecule has 3 nitrogen and oxygen atoms in total. The Morgan fingerprint density at radius 1 is 1.00 bits per heavy atom. The second-order valence-corrected chi connectivity index (χ2v) is 4.90. The summed E-state index contributed by atoms with van der Waals surface area (Å²) in [5, 5.41) is 0. The summed E-state index contributed by atoms with van der Waals surface area (Å²) >= 11 is 0. The highest BCUT2D eigenvalue weighted by atomic mass is 19.4. The molecule has 2 aromatic rings. The smallest absolute Gasteiger partial charge is 0.416 e. The Morgan fingerprint density at radius 2 is 1.70 bits per heavy atom. The van der Waals surface area contributed by atoms with E-state index in [2.05, 4.69) is 0 Å². The lowest BCUT2D eigenvalue weighted by molar-refractivity contribution is -0.137. The van der Waals surface area contributed by atoms with Crippen molar-refractivity contribution in [3.8, 4) is 0 Å². The van der Waals surface area contributed by atoms with Crippen molar-refractivity contribution in [3.05, 3.63) is 70.8 Å². The molecule has 2 aromatic carbocycles. The molecule has 0 heterocycles. The van der Waals surface area contributed by atoms with E-state index in [0.717, 1.165) is 17.7 Å². The van der Waals surface area contributed by atoms with E-state index in [9.17, 15) is 18.0 Å². The first kappa shape index (κ1) is 17.0. The molecule has 0 bridgehead atoms. The second kappa shape index (κ2) is 7.28. The molecule has 0 aromatic heterocycles. The molecule has 122 valence electrons. The Kier molecular flexibility index (Phi) is 5.39. The lowest BCUT2D eigenvalue weighted by atomic mass is 10.1. The lowest BCUT2D eigenvalue weighted by Crippen LogP contribution is -2.07. The van der Waals surface area contributed by atoms with E-state index in [1.54, 1.807) is 25.3 Å². The number of hydrogen-bond acceptors (Lipinski definition) is 3. The molecule has 23 heavy (non-hydrogen) atoms. The minimum Gasteiger partial charge on any atom is -0.457 e. The van der Waals surface area contributed by atoms with Gasteiger partial charge in [-0.05, 0) is 35.4 Å². The van der Waals surface area contributed by atoms with Crippen LogP contribution in [0.15, 0.2) is 48.5 Å². The molecule has 0 fully saturated rings. The van der Waals surface area contributed by atoms with Crippen LogP contribution in [0.4, 0.5) is 13.2 Å². The largest absolute Gasteiger partial charge is 0.457 e. The monoisotopic (exact) mass is 324 g/mol. The van der Waals surface area contributed by atoms with Crippen molar-refractivity contribution in [2.45, 2.75) is 19.4 Å². The predicted octanol–water partition coefficient (Wildman–Crippen LogP) is 4.21. The number of alkyl halides is 3. The Balaban J connectivity index is 1.97. The molecular formula is C17H15F3O3. The molecule has 0 spiro atoms. The van der Waals surface area contributed by atoms with E-state index in [1.807, 2.05) is 6.07 Å². The fraction of sp³-hybridized carbons (Fsp3) is 0.235. The quantitative estimate of drug-likeness (QED) is 0.773. The molecule has 0 aliphatic heterocycles. The molecule has 0 unspecified atom stereocenters. The van der Waals surface area contributed by atoms with Gasteiger partial charge in [0.2, 0.25) is 0 Å². The van der Waals surface area contributed by atoms with Gasteiger partial charge in [0, 0.05) is 7.11 Å². The molecule has 0 saturated carbocycles. The van der Waals surface area contributed by atoms with Crippen LogP contribution in [0, 0.1) is 0 Å². The summed E-state index contributed by atoms with van der Waals surface area (Å²) in [6, 6.07) is 11.3. The maximum absolute atomic E-state index is 12.5. The summed E-state index contributed by atoms with van der Waals surface area (Å²) in [5.41, 5.74) is 0.946. The summed E-state index contributed by atoms with van der Waals surface area (Å²) in [6.45, 7) is 0.283. The van der Waals surface area contributed by atoms with Gasteiger partial charge in [0.15, 0.2) is 0 Å². The van der Waals surface area contributed by atoms with Crippen LogP contribution in [0.1, 0.15) is 27.0 Å². The standard InChI is InChI=1S/C17H15F3O3/c1-22-10-13-3-2-4-14(9-13)16(21)23-11-12-5-7-15(8-6-12)17(18,19)20/h2-9H,10-11H2,1H3. The second-order valence-electron chi connectivity index (χ2n) is 4.90. The van der Waals surface area contributed by atoms with Gasteiger partial charge in [-0.15, -0.1) is 0 Å². The molecule has 0 saturated heterocycles. The number of halogens is 3. The minimum absolute atomic E-state index is 0.0918. The van der Waals surface area contributed by atoms with Crippen LogP contribution in [0.5, 0.6) is 0 Å². The highest BCUT2D eigenvalue weighted by Gasteiger charge is 2.29. The number of esters is 1. The SMILES string of the molecule is COCc1cccc(C(=O)OCc2ccc(C(F)(F)F)cc2)c1. The highest BCUT2D eigenvalue weighted by Crippen LogP contribution is 2.29. The molecule has 0 atom stereocenters. The van der Waals surface area contributed by atoms with E-state index in [-0.39, 0.29) is 6.61 Å². The number of carbonyl (C=O) groups excluding carboxylic acids is 1. The van der Waals surface area contributed by atoms with Gasteiger partial charge in [0.25, 0.3) is 0 Å². The Bertz CT molecular complexity index is 664. The zero-order chi connectivity index (χ0) is 16.9. The summed E-state index contributed by atoms with van der Waals surface area (Å²) in [6.07, 6.45) is -4.38. The third kappa shape index (κ3) is 4.82. The van der Waals surface area contributed by atoms with Crippen molar-refractivity contribution in [2.24, 2.45) is 0 Å². The molecule has 0 amide bonds. The zero-order valence-electron chi connectivity index (χ0n) is 12.4. The number of rotatable bonds is 5. The van der Waals surface area contributed by atoms with Crippen molar-refractivity contribution in [1.82, 2.24) is 0 Å². The fourth-order valence-corrected chi connectivity index (χ4v) is 1.98. The van der Waals surface area contributed by atoms with Gasteiger partial charge < -0.3 is 9.47 Å². The maximum atomic E-state index is 12.5. The van der Waals surface area contributed by atoms with Crippen molar-refractivity contribution in [2.75, 3.05) is 7.11 Å². The van der Waals surface area contributed by atoms with Gasteiger partial charge in [0.1, 0.15) is 6.61 Å². The molecule has 0 aliphatic rings. The first-order valence-electron chi connectivity index (χ1n) is 6.81. The summed E-state index contributed by atoms with van der Waals surface area (Å²) in [7, 11) is 1.55. The minimum atomic E-state index is -4.38. The Hall–Kier alpha value is -2.34. The predicted molar refractivity (Wildman–Crippen MR) is 77.7 cm³/mol. The van der Waals surface area contributed by atoms with E-state index in [4.69, 9.17) is 9.47 Å². The fourth-order valence-electron chi connectivity index (χ4n) is 1.98. The number of ether oxygens (including phenoxy) is 2. The number of benzene rings is 2. The lowest BCUT2D eigenvalue weighted by Gasteiger charge is -2.09. The average Bonchev–Trinajstić information content (AvgIpc) is 2.53. The molecule has 0 N–H and O–H groups in total. The third-order valence-corrected chi connectivity index (χ3v) is 3.12. The van der Waals surface area contributed by atoms with Crippen molar-refractivity contribution < 1.29 is 27.4 Å². The van der Waals surface area contributed by atoms with Gasteiger partial charge in [-0.2, -0.15) is 13.2 Å². The molecule has 0 radical (unpaired) electrons. The van der Waals surface area contributed by atoms with Gasteiger partial charge in [-0.25, -0.2) is 4.79 Å². The number of carbonyl (C=O) groups is 1. The molecule has 0 aliphatic carbocycles. The van der Waals surface area contributed by atoms with E-state index < -0.39 is 17.7 Å². The Labute approximate surface area is 131 Å². The van der Waals surface area contributed by atoms with Crippen LogP contribution in [0.25, 0.3) is 0 Å². The maximum Gasteiger partial charge on any atom is 0.416 e. The van der Waals surface area contributed by atoms with Gasteiger partial charge in [0.05, 0.1) is 17.7 Å². The summed E-state index contributed by atoms with van der Waals surface area (Å²) in [5.74, 6) is -0.539. The average molecular weight is 324 g/mol. The molecule has 2 rings (SSSR count). The highest BCUT2D eigenvalue weighted by molar-refractivity contribution is 5.89. The van der Waals surface area contributed by atoms with Crippen molar-refractivity contribution in [1.29, 1.82) is 0 Å². The molecule has 6 heteroatoms. The van der Waals surface area contributed by atoms with Crippen LogP contribution in [-0.4, -0.2) is 13.1 Å². The van der Waals surface area contributed by atoms with Crippen LogP contribution in [0.2, 0.25) is 0 Å². The number of hydrogen-bond donors (Lipinski definition) is 0. The topological polar surface area (TPSA) is 35.5 Å². The third-order valence-electron chi connectivity index (χ3n) is 3.12. The van der Waals surface area contributed by atoms with E-state index >= 15 is 0 Å². The summed E-state index contributed by atoms with van der Waals surface area (Å²) in [4.78, 5) is 12.0.